The van der Waals surface area contributed by atoms with Crippen LogP contribution >= 0.6 is 0 Å². The van der Waals surface area contributed by atoms with Crippen LogP contribution in [0, 0.1) is 0 Å². The standard InChI is InChI=1S/C65H125NO18/c1-3-5-7-9-11-12-13-14-15-16-17-18-19-20-21-22-23-24-25-26-27-28-29-30-31-32-33-34-35-37-38-40-42-49(70)48(66-53(71)43-41-39-36-10-8-6-4-2)47-79-63-59(77)56(74)61(51(45-68)81-63)84-65-60(78)57(75)62(52(46-69)82-65)83-64-58(76)55(73)54(72)50(44-67)80-64/h48-52,54-65,67-70,72-78H,3-47H2,1-2H3,(H,66,71). The van der Waals surface area contributed by atoms with E-state index in [1.165, 1.54) is 193 Å². The molecule has 12 N–H and O–H groups in total. The van der Waals surface area contributed by atoms with E-state index in [1.807, 2.05) is 0 Å². The predicted octanol–water partition coefficient (Wildman–Crippen LogP) is 8.33. The van der Waals surface area contributed by atoms with Gasteiger partial charge in [0, 0.05) is 6.42 Å². The summed E-state index contributed by atoms with van der Waals surface area (Å²) >= 11 is 0. The zero-order valence-electron chi connectivity index (χ0n) is 52.4. The topological polar surface area (TPSA) is 307 Å². The molecule has 498 valence electrons. The molecule has 0 bridgehead atoms. The van der Waals surface area contributed by atoms with Gasteiger partial charge in [-0.05, 0) is 12.8 Å². The Balaban J connectivity index is 1.31. The van der Waals surface area contributed by atoms with Crippen molar-refractivity contribution in [3.63, 3.8) is 0 Å². The second kappa shape index (κ2) is 48.6. The Bertz CT molecular complexity index is 1540. The first-order valence-corrected chi connectivity index (χ1v) is 34.3. The lowest BCUT2D eigenvalue weighted by molar-refractivity contribution is -0.379. The third kappa shape index (κ3) is 31.0. The molecule has 3 rings (SSSR count). The number of ether oxygens (including phenoxy) is 6. The van der Waals surface area contributed by atoms with Crippen LogP contribution in [-0.4, -0.2) is 193 Å². The molecule has 3 saturated heterocycles. The molecule has 3 aliphatic rings. The molecular formula is C65H125NO18. The summed E-state index contributed by atoms with van der Waals surface area (Å²) in [6, 6.07) is -0.879. The number of hydrogen-bond donors (Lipinski definition) is 12. The maximum Gasteiger partial charge on any atom is 0.220 e. The third-order valence-corrected chi connectivity index (χ3v) is 17.7. The lowest BCUT2D eigenvalue weighted by atomic mass is 9.96. The van der Waals surface area contributed by atoms with Gasteiger partial charge in [-0.25, -0.2) is 0 Å². The number of carbonyl (C=O) groups excluding carboxylic acids is 1. The summed E-state index contributed by atoms with van der Waals surface area (Å²) in [7, 11) is 0. The minimum atomic E-state index is -1.97. The fraction of sp³-hybridized carbons (Fsp3) is 0.985. The van der Waals surface area contributed by atoms with Gasteiger partial charge in [0.2, 0.25) is 5.91 Å². The molecule has 0 saturated carbocycles. The Morgan fingerprint density at radius 2 is 0.679 bits per heavy atom. The zero-order chi connectivity index (χ0) is 61.2. The average molecular weight is 1210 g/mol. The van der Waals surface area contributed by atoms with Crippen LogP contribution in [0.15, 0.2) is 0 Å². The first-order chi connectivity index (χ1) is 40.8. The number of rotatable bonds is 53. The van der Waals surface area contributed by atoms with Crippen LogP contribution in [0.1, 0.15) is 277 Å². The van der Waals surface area contributed by atoms with E-state index < -0.39 is 124 Å². The molecule has 17 atom stereocenters. The number of aliphatic hydroxyl groups excluding tert-OH is 11. The lowest BCUT2D eigenvalue weighted by Gasteiger charge is -2.48. The summed E-state index contributed by atoms with van der Waals surface area (Å²) in [5, 5.41) is 120. The molecule has 0 aliphatic carbocycles. The minimum absolute atomic E-state index is 0.246. The van der Waals surface area contributed by atoms with Gasteiger partial charge in [0.1, 0.15) is 73.2 Å². The predicted molar refractivity (Wildman–Crippen MR) is 324 cm³/mol. The van der Waals surface area contributed by atoms with E-state index in [-0.39, 0.29) is 18.9 Å². The maximum atomic E-state index is 13.2. The number of carbonyl (C=O) groups is 1. The summed E-state index contributed by atoms with van der Waals surface area (Å²) in [5.74, 6) is -0.246. The van der Waals surface area contributed by atoms with Crippen molar-refractivity contribution in [3.8, 4) is 0 Å². The Kier molecular flexibility index (Phi) is 44.6. The van der Waals surface area contributed by atoms with E-state index in [4.69, 9.17) is 28.4 Å². The molecule has 17 unspecified atom stereocenters. The Morgan fingerprint density at radius 3 is 1.04 bits per heavy atom. The van der Waals surface area contributed by atoms with Gasteiger partial charge < -0.3 is 89.9 Å². The normalized spacial score (nSPS) is 29.1. The number of amides is 1. The van der Waals surface area contributed by atoms with Crippen LogP contribution in [0.4, 0.5) is 0 Å². The van der Waals surface area contributed by atoms with Gasteiger partial charge >= 0.3 is 0 Å². The van der Waals surface area contributed by atoms with E-state index in [2.05, 4.69) is 19.2 Å². The monoisotopic (exact) mass is 1210 g/mol. The van der Waals surface area contributed by atoms with Crippen molar-refractivity contribution < 1.29 is 89.4 Å². The summed E-state index contributed by atoms with van der Waals surface area (Å²) in [5.41, 5.74) is 0. The van der Waals surface area contributed by atoms with Crippen molar-refractivity contribution in [1.29, 1.82) is 0 Å². The Labute approximate surface area is 506 Å². The molecule has 0 radical (unpaired) electrons. The number of nitrogens with one attached hydrogen (secondary N) is 1. The fourth-order valence-electron chi connectivity index (χ4n) is 12.1. The largest absolute Gasteiger partial charge is 0.394 e. The summed E-state index contributed by atoms with van der Waals surface area (Å²) in [6.07, 6.45) is 24.0. The quantitative estimate of drug-likeness (QED) is 0.0255. The Morgan fingerprint density at radius 1 is 0.381 bits per heavy atom. The molecule has 3 heterocycles. The van der Waals surface area contributed by atoms with Crippen LogP contribution < -0.4 is 5.32 Å². The van der Waals surface area contributed by atoms with Gasteiger partial charge in [0.15, 0.2) is 18.9 Å². The first-order valence-electron chi connectivity index (χ1n) is 34.3. The van der Waals surface area contributed by atoms with Crippen molar-refractivity contribution >= 4 is 5.91 Å². The van der Waals surface area contributed by atoms with Crippen molar-refractivity contribution in [2.45, 2.75) is 381 Å². The molecule has 0 aromatic carbocycles. The van der Waals surface area contributed by atoms with E-state index in [0.29, 0.717) is 12.8 Å². The van der Waals surface area contributed by atoms with Gasteiger partial charge in [-0.15, -0.1) is 0 Å². The van der Waals surface area contributed by atoms with E-state index >= 15 is 0 Å². The second-order valence-electron chi connectivity index (χ2n) is 25.0. The summed E-state index contributed by atoms with van der Waals surface area (Å²) in [6.45, 7) is 1.76. The molecule has 3 fully saturated rings. The van der Waals surface area contributed by atoms with Crippen molar-refractivity contribution in [2.75, 3.05) is 26.4 Å². The molecule has 19 heteroatoms. The Hall–Kier alpha value is -1.21. The number of hydrogen-bond acceptors (Lipinski definition) is 18. The first kappa shape index (κ1) is 77.0. The van der Waals surface area contributed by atoms with Crippen LogP contribution in [0.25, 0.3) is 0 Å². The van der Waals surface area contributed by atoms with Crippen molar-refractivity contribution in [3.05, 3.63) is 0 Å². The molecule has 0 spiro atoms. The number of unbranched alkanes of at least 4 members (excludes halogenated alkanes) is 37. The molecule has 19 nitrogen and oxygen atoms in total. The van der Waals surface area contributed by atoms with Crippen LogP contribution in [-0.2, 0) is 33.2 Å². The van der Waals surface area contributed by atoms with E-state index in [9.17, 15) is 61.0 Å². The molecular weight excluding hydrogens is 1080 g/mol. The highest BCUT2D eigenvalue weighted by Gasteiger charge is 2.53. The van der Waals surface area contributed by atoms with E-state index in [0.717, 1.165) is 51.4 Å². The highest BCUT2D eigenvalue weighted by atomic mass is 16.8. The smallest absolute Gasteiger partial charge is 0.220 e. The van der Waals surface area contributed by atoms with Crippen LogP contribution in [0.2, 0.25) is 0 Å². The second-order valence-corrected chi connectivity index (χ2v) is 25.0. The fourth-order valence-corrected chi connectivity index (χ4v) is 12.1. The summed E-state index contributed by atoms with van der Waals surface area (Å²) in [4.78, 5) is 13.2. The molecule has 1 amide bonds. The SMILES string of the molecule is CCCCCCCCCCCCCCCCCCCCCCCCCCCCCCCCCCC(O)C(COC1OC(CO)C(OC2OC(CO)C(OC3OC(CO)C(O)C(O)C3O)C(O)C2O)C(O)C1O)NC(=O)CCCCCCCCC. The highest BCUT2D eigenvalue weighted by molar-refractivity contribution is 5.76. The molecule has 84 heavy (non-hydrogen) atoms. The summed E-state index contributed by atoms with van der Waals surface area (Å²) < 4.78 is 34.3. The molecule has 0 aromatic heterocycles. The molecule has 0 aromatic rings. The van der Waals surface area contributed by atoms with Crippen LogP contribution in [0.3, 0.4) is 0 Å². The van der Waals surface area contributed by atoms with Gasteiger partial charge in [-0.2, -0.15) is 0 Å². The van der Waals surface area contributed by atoms with Crippen molar-refractivity contribution in [2.24, 2.45) is 0 Å². The van der Waals surface area contributed by atoms with Crippen LogP contribution in [0.5, 0.6) is 0 Å². The van der Waals surface area contributed by atoms with Gasteiger partial charge in [0.05, 0.1) is 38.6 Å². The van der Waals surface area contributed by atoms with Gasteiger partial charge in [0.25, 0.3) is 0 Å². The minimum Gasteiger partial charge on any atom is -0.394 e. The van der Waals surface area contributed by atoms with Gasteiger partial charge in [-0.3, -0.25) is 4.79 Å². The lowest BCUT2D eigenvalue weighted by Crippen LogP contribution is -2.66. The van der Waals surface area contributed by atoms with Gasteiger partial charge in [-0.1, -0.05) is 258 Å². The highest BCUT2D eigenvalue weighted by Crippen LogP contribution is 2.33. The maximum absolute atomic E-state index is 13.2. The molecule has 3 aliphatic heterocycles. The van der Waals surface area contributed by atoms with E-state index in [1.54, 1.807) is 0 Å². The van der Waals surface area contributed by atoms with Crippen molar-refractivity contribution in [1.82, 2.24) is 5.32 Å². The average Bonchev–Trinajstić information content (AvgIpc) is 3.57. The third-order valence-electron chi connectivity index (χ3n) is 17.7. The number of aliphatic hydroxyl groups is 11. The zero-order valence-corrected chi connectivity index (χ0v) is 52.4.